The molecule has 0 saturated carbocycles. The third-order valence-corrected chi connectivity index (χ3v) is 5.67. The molecule has 0 saturated heterocycles. The van der Waals surface area contributed by atoms with Crippen LogP contribution >= 0.6 is 12.4 Å². The van der Waals surface area contributed by atoms with Gasteiger partial charge in [0.25, 0.3) is 0 Å². The molecule has 2 heterocycles. The van der Waals surface area contributed by atoms with Crippen molar-refractivity contribution in [2.75, 3.05) is 6.54 Å². The molecule has 1 aliphatic rings. The number of rotatable bonds is 5. The summed E-state index contributed by atoms with van der Waals surface area (Å²) in [7, 11) is 0. The lowest BCUT2D eigenvalue weighted by Crippen LogP contribution is -2.42. The fourth-order valence-corrected chi connectivity index (χ4v) is 4.05. The Hall–Kier alpha value is -3.05. The van der Waals surface area contributed by atoms with E-state index in [1.165, 1.54) is 4.90 Å². The normalized spacial score (nSPS) is 14.3. The summed E-state index contributed by atoms with van der Waals surface area (Å²) in [5, 5.41) is 0. The minimum atomic E-state index is -4.66. The minimum absolute atomic E-state index is 0. The van der Waals surface area contributed by atoms with Crippen molar-refractivity contribution in [3.05, 3.63) is 77.0 Å². The first-order chi connectivity index (χ1) is 16.0. The van der Waals surface area contributed by atoms with Crippen LogP contribution in [0.2, 0.25) is 0 Å². The molecule has 1 atom stereocenters. The molecule has 0 fully saturated rings. The van der Waals surface area contributed by atoms with Gasteiger partial charge >= 0.3 is 6.18 Å². The van der Waals surface area contributed by atoms with E-state index in [0.717, 1.165) is 4.57 Å². The summed E-state index contributed by atoms with van der Waals surface area (Å²) in [6.07, 6.45) is -5.13. The molecule has 188 valence electrons. The Morgan fingerprint density at radius 2 is 1.69 bits per heavy atom. The van der Waals surface area contributed by atoms with Gasteiger partial charge in [0.1, 0.15) is 5.82 Å². The van der Waals surface area contributed by atoms with Gasteiger partial charge in [-0.1, -0.05) is 30.3 Å². The molecule has 2 aromatic carbocycles. The number of nitrogens with zero attached hydrogens (tertiary/aromatic N) is 3. The highest BCUT2D eigenvalue weighted by Gasteiger charge is 2.40. The van der Waals surface area contributed by atoms with E-state index < -0.39 is 41.4 Å². The molecule has 1 aromatic heterocycles. The van der Waals surface area contributed by atoms with E-state index in [1.807, 2.05) is 0 Å². The molecule has 35 heavy (non-hydrogen) atoms. The van der Waals surface area contributed by atoms with Crippen LogP contribution in [0.1, 0.15) is 23.5 Å². The molecular weight excluding hydrogens is 498 g/mol. The van der Waals surface area contributed by atoms with Gasteiger partial charge in [-0.05, 0) is 18.1 Å². The highest BCUT2D eigenvalue weighted by atomic mass is 35.5. The highest BCUT2D eigenvalue weighted by Crippen LogP contribution is 2.36. The number of carbonyl (C=O) groups excluding carboxylic acids is 1. The Bertz CT molecular complexity index is 1210. The average molecular weight is 519 g/mol. The lowest BCUT2D eigenvalue weighted by Gasteiger charge is -2.30. The zero-order valence-electron chi connectivity index (χ0n) is 18.2. The maximum Gasteiger partial charge on any atom is 0.449 e. The Labute approximate surface area is 203 Å². The molecule has 4 rings (SSSR count). The first-order valence-electron chi connectivity index (χ1n) is 10.4. The van der Waals surface area contributed by atoms with Crippen molar-refractivity contribution in [1.29, 1.82) is 0 Å². The van der Waals surface area contributed by atoms with E-state index in [0.29, 0.717) is 17.7 Å². The highest BCUT2D eigenvalue weighted by molar-refractivity contribution is 5.85. The van der Waals surface area contributed by atoms with Gasteiger partial charge in [-0.15, -0.1) is 12.4 Å². The van der Waals surface area contributed by atoms with Crippen LogP contribution in [-0.2, 0) is 30.5 Å². The SMILES string of the molecule is Cl.NC(CC(=O)N1CCn2c(C(F)(F)F)nc(-c3ccccc3)c2C1)Cc1cc(F)c(F)cc1F. The summed E-state index contributed by atoms with van der Waals surface area (Å²) >= 11 is 0. The lowest BCUT2D eigenvalue weighted by molar-refractivity contribution is -0.148. The molecule has 0 aliphatic carbocycles. The lowest BCUT2D eigenvalue weighted by atomic mass is 10.0. The Kier molecular flexibility index (Phi) is 7.80. The van der Waals surface area contributed by atoms with Crippen LogP contribution in [0, 0.1) is 17.5 Å². The first-order valence-corrected chi connectivity index (χ1v) is 10.4. The molecule has 1 aliphatic heterocycles. The van der Waals surface area contributed by atoms with Crippen LogP contribution in [0.5, 0.6) is 0 Å². The van der Waals surface area contributed by atoms with Gasteiger partial charge < -0.3 is 15.2 Å². The second-order valence-electron chi connectivity index (χ2n) is 8.09. The second-order valence-corrected chi connectivity index (χ2v) is 8.09. The van der Waals surface area contributed by atoms with Crippen LogP contribution < -0.4 is 5.73 Å². The molecule has 3 aromatic rings. The van der Waals surface area contributed by atoms with Gasteiger partial charge in [0.05, 0.1) is 17.9 Å². The smallest absolute Gasteiger partial charge is 0.335 e. The minimum Gasteiger partial charge on any atom is -0.335 e. The van der Waals surface area contributed by atoms with Crippen LogP contribution in [0.15, 0.2) is 42.5 Å². The number of halogens is 7. The van der Waals surface area contributed by atoms with Crippen LogP contribution in [0.3, 0.4) is 0 Å². The Balaban J connectivity index is 0.00000342. The van der Waals surface area contributed by atoms with Gasteiger partial charge in [-0.3, -0.25) is 4.79 Å². The number of aromatic nitrogens is 2. The summed E-state index contributed by atoms with van der Waals surface area (Å²) in [5.41, 5.74) is 6.65. The second kappa shape index (κ2) is 10.3. The van der Waals surface area contributed by atoms with Crippen molar-refractivity contribution in [2.24, 2.45) is 5.73 Å². The zero-order chi connectivity index (χ0) is 24.6. The van der Waals surface area contributed by atoms with Gasteiger partial charge in [-0.2, -0.15) is 13.2 Å². The molecule has 1 amide bonds. The number of hydrogen-bond acceptors (Lipinski definition) is 3. The number of alkyl halides is 3. The molecular formula is C23H21ClF6N4O. The predicted octanol–water partition coefficient (Wildman–Crippen LogP) is 4.71. The van der Waals surface area contributed by atoms with Crippen molar-refractivity contribution in [3.8, 4) is 11.3 Å². The van der Waals surface area contributed by atoms with Crippen molar-refractivity contribution < 1.29 is 31.1 Å². The van der Waals surface area contributed by atoms with Crippen LogP contribution in [0.4, 0.5) is 26.3 Å². The fourth-order valence-electron chi connectivity index (χ4n) is 4.05. The number of amides is 1. The monoisotopic (exact) mass is 518 g/mol. The largest absolute Gasteiger partial charge is 0.449 e. The average Bonchev–Trinajstić information content (AvgIpc) is 3.17. The van der Waals surface area contributed by atoms with E-state index >= 15 is 0 Å². The van der Waals surface area contributed by atoms with Crippen molar-refractivity contribution >= 4 is 18.3 Å². The van der Waals surface area contributed by atoms with Gasteiger partial charge in [0.15, 0.2) is 11.6 Å². The number of fused-ring (bicyclic) bond motifs is 1. The van der Waals surface area contributed by atoms with E-state index in [9.17, 15) is 31.1 Å². The summed E-state index contributed by atoms with van der Waals surface area (Å²) in [6, 6.07) is 8.55. The van der Waals surface area contributed by atoms with E-state index in [2.05, 4.69) is 4.98 Å². The number of imidazole rings is 1. The van der Waals surface area contributed by atoms with Crippen molar-refractivity contribution in [3.63, 3.8) is 0 Å². The Morgan fingerprint density at radius 3 is 2.34 bits per heavy atom. The number of nitrogens with two attached hydrogens (primary N) is 1. The summed E-state index contributed by atoms with van der Waals surface area (Å²) in [6.45, 7) is -0.215. The van der Waals surface area contributed by atoms with Crippen LogP contribution in [0.25, 0.3) is 11.3 Å². The molecule has 0 bridgehead atoms. The maximum absolute atomic E-state index is 13.9. The van der Waals surface area contributed by atoms with E-state index in [-0.39, 0.29) is 61.8 Å². The predicted molar refractivity (Wildman–Crippen MR) is 118 cm³/mol. The van der Waals surface area contributed by atoms with Gasteiger partial charge in [0, 0.05) is 37.2 Å². The third kappa shape index (κ3) is 5.62. The fraction of sp³-hybridized carbons (Fsp3) is 0.304. The maximum atomic E-state index is 13.9. The topological polar surface area (TPSA) is 64.2 Å². The number of carbonyl (C=O) groups is 1. The molecule has 1 unspecified atom stereocenters. The Morgan fingerprint density at radius 1 is 1.03 bits per heavy atom. The van der Waals surface area contributed by atoms with E-state index in [4.69, 9.17) is 5.73 Å². The third-order valence-electron chi connectivity index (χ3n) is 5.67. The van der Waals surface area contributed by atoms with Gasteiger partial charge in [0.2, 0.25) is 11.7 Å². The quantitative estimate of drug-likeness (QED) is 0.393. The first kappa shape index (κ1) is 26.6. The standard InChI is InChI=1S/C23H20F6N4O.ClH/c24-16-11-18(26)17(25)9-14(16)8-15(30)10-20(34)32-6-7-33-19(12-32)21(13-4-2-1-3-5-13)31-22(33)23(27,28)29;/h1-5,9,11,15H,6-8,10,12,30H2;1H. The summed E-state index contributed by atoms with van der Waals surface area (Å²) in [5.74, 6) is -5.01. The molecule has 5 nitrogen and oxygen atoms in total. The molecule has 0 radical (unpaired) electrons. The summed E-state index contributed by atoms with van der Waals surface area (Å²) < 4.78 is 82.2. The summed E-state index contributed by atoms with van der Waals surface area (Å²) in [4.78, 5) is 18.0. The zero-order valence-corrected chi connectivity index (χ0v) is 19.0. The van der Waals surface area contributed by atoms with Crippen molar-refractivity contribution in [2.45, 2.75) is 38.1 Å². The molecule has 2 N–H and O–H groups in total. The van der Waals surface area contributed by atoms with Crippen LogP contribution in [-0.4, -0.2) is 32.9 Å². The molecule has 12 heteroatoms. The molecule has 0 spiro atoms. The van der Waals surface area contributed by atoms with Gasteiger partial charge in [-0.25, -0.2) is 18.2 Å². The number of hydrogen-bond donors (Lipinski definition) is 1. The van der Waals surface area contributed by atoms with Crippen molar-refractivity contribution in [1.82, 2.24) is 14.5 Å². The van der Waals surface area contributed by atoms with E-state index in [1.54, 1.807) is 30.3 Å². The number of benzene rings is 2.